The number of ether oxygens (including phenoxy) is 1. The van der Waals surface area contributed by atoms with Crippen molar-refractivity contribution in [3.05, 3.63) is 41.1 Å². The van der Waals surface area contributed by atoms with Gasteiger partial charge in [0, 0.05) is 24.5 Å². The van der Waals surface area contributed by atoms with E-state index in [1.807, 2.05) is 26.0 Å². The van der Waals surface area contributed by atoms with Gasteiger partial charge in [0.2, 0.25) is 0 Å². The first-order valence-electron chi connectivity index (χ1n) is 10.2. The summed E-state index contributed by atoms with van der Waals surface area (Å²) in [4.78, 5) is 27.1. The van der Waals surface area contributed by atoms with Crippen molar-refractivity contribution in [3.63, 3.8) is 0 Å². The third kappa shape index (κ3) is 4.66. The molecule has 1 aromatic carbocycles. The quantitative estimate of drug-likeness (QED) is 0.758. The smallest absolute Gasteiger partial charge is 0.338 e. The molecule has 1 atom stereocenters. The van der Waals surface area contributed by atoms with Gasteiger partial charge in [0.25, 0.3) is 0 Å². The van der Waals surface area contributed by atoms with E-state index >= 15 is 0 Å². The van der Waals surface area contributed by atoms with E-state index < -0.39 is 12.0 Å². The molecule has 0 spiro atoms. The highest BCUT2D eigenvalue weighted by atomic mass is 16.5. The Bertz CT molecular complexity index is 747. The summed E-state index contributed by atoms with van der Waals surface area (Å²) < 4.78 is 5.43. The van der Waals surface area contributed by atoms with Crippen LogP contribution in [0.15, 0.2) is 35.5 Å². The molecule has 2 aliphatic heterocycles. The number of esters is 1. The minimum absolute atomic E-state index is 0.251. The van der Waals surface area contributed by atoms with Crippen molar-refractivity contribution >= 4 is 17.7 Å². The fourth-order valence-corrected chi connectivity index (χ4v) is 3.68. The number of hydrogen-bond acceptors (Lipinski definition) is 4. The Kier molecular flexibility index (Phi) is 6.27. The lowest BCUT2D eigenvalue weighted by Gasteiger charge is -2.33. The van der Waals surface area contributed by atoms with Gasteiger partial charge in [-0.3, -0.25) is 0 Å². The average molecular weight is 386 g/mol. The summed E-state index contributed by atoms with van der Waals surface area (Å²) >= 11 is 0. The highest BCUT2D eigenvalue weighted by molar-refractivity contribution is 5.95. The maximum Gasteiger partial charge on any atom is 0.338 e. The first kappa shape index (κ1) is 20.2. The number of nitrogens with zero attached hydrogens (tertiary/aromatic N) is 1. The molecule has 1 saturated heterocycles. The topological polar surface area (TPSA) is 70.7 Å². The Morgan fingerprint density at radius 2 is 1.86 bits per heavy atom. The van der Waals surface area contributed by atoms with Crippen molar-refractivity contribution in [1.82, 2.24) is 10.6 Å². The fraction of sp³-hybridized carbons (Fsp3) is 0.545. The molecule has 2 N–H and O–H groups in total. The number of anilines is 1. The van der Waals surface area contributed by atoms with E-state index in [2.05, 4.69) is 34.6 Å². The lowest BCUT2D eigenvalue weighted by atomic mass is 9.94. The Balaban J connectivity index is 1.80. The molecular formula is C22H31N3O3. The predicted molar refractivity (Wildman–Crippen MR) is 110 cm³/mol. The van der Waals surface area contributed by atoms with Gasteiger partial charge < -0.3 is 20.3 Å². The molecule has 1 aromatic rings. The maximum atomic E-state index is 12.7. The first-order chi connectivity index (χ1) is 13.3. The van der Waals surface area contributed by atoms with E-state index in [1.54, 1.807) is 6.92 Å². The van der Waals surface area contributed by atoms with Gasteiger partial charge in [-0.15, -0.1) is 0 Å². The Morgan fingerprint density at radius 1 is 1.21 bits per heavy atom. The summed E-state index contributed by atoms with van der Waals surface area (Å²) in [7, 11) is 0. The molecule has 0 aliphatic carbocycles. The first-order valence-corrected chi connectivity index (χ1v) is 10.2. The summed E-state index contributed by atoms with van der Waals surface area (Å²) in [5.41, 5.74) is 3.05. The van der Waals surface area contributed by atoms with Crippen LogP contribution in [0.1, 0.15) is 52.1 Å². The molecule has 2 aliphatic rings. The number of allylic oxidation sites excluding steroid dienone is 1. The molecule has 0 radical (unpaired) electrons. The van der Waals surface area contributed by atoms with Crippen LogP contribution in [0, 0.1) is 11.8 Å². The van der Waals surface area contributed by atoms with Crippen LogP contribution >= 0.6 is 0 Å². The van der Waals surface area contributed by atoms with Crippen LogP contribution in [0.2, 0.25) is 0 Å². The van der Waals surface area contributed by atoms with Crippen LogP contribution in [-0.2, 0) is 9.53 Å². The van der Waals surface area contributed by atoms with Gasteiger partial charge in [-0.1, -0.05) is 32.9 Å². The molecular weight excluding hydrogens is 354 g/mol. The lowest BCUT2D eigenvalue weighted by Crippen LogP contribution is -2.45. The molecule has 0 aromatic heterocycles. The van der Waals surface area contributed by atoms with Gasteiger partial charge in [-0.25, -0.2) is 9.59 Å². The van der Waals surface area contributed by atoms with Gasteiger partial charge >= 0.3 is 12.0 Å². The number of carbonyl (C=O) groups is 2. The molecule has 1 fully saturated rings. The van der Waals surface area contributed by atoms with Crippen LogP contribution < -0.4 is 15.5 Å². The number of nitrogens with one attached hydrogen (secondary N) is 2. The Hall–Kier alpha value is -2.50. The molecule has 6 heteroatoms. The van der Waals surface area contributed by atoms with Crippen molar-refractivity contribution < 1.29 is 14.3 Å². The number of amides is 2. The van der Waals surface area contributed by atoms with Gasteiger partial charge in [0.15, 0.2) is 0 Å². The monoisotopic (exact) mass is 385 g/mol. The molecule has 2 amide bonds. The average Bonchev–Trinajstić information content (AvgIpc) is 2.66. The van der Waals surface area contributed by atoms with Crippen molar-refractivity contribution in [2.45, 2.75) is 46.6 Å². The summed E-state index contributed by atoms with van der Waals surface area (Å²) in [6.45, 7) is 10.5. The fourth-order valence-electron chi connectivity index (χ4n) is 3.68. The van der Waals surface area contributed by atoms with Crippen LogP contribution in [0.4, 0.5) is 10.5 Å². The lowest BCUT2D eigenvalue weighted by molar-refractivity contribution is -0.140. The van der Waals surface area contributed by atoms with Gasteiger partial charge in [0.1, 0.15) is 0 Å². The number of urea groups is 1. The highest BCUT2D eigenvalue weighted by Crippen LogP contribution is 2.30. The summed E-state index contributed by atoms with van der Waals surface area (Å²) in [6, 6.07) is 7.32. The molecule has 6 nitrogen and oxygen atoms in total. The zero-order valence-corrected chi connectivity index (χ0v) is 17.2. The summed E-state index contributed by atoms with van der Waals surface area (Å²) in [6.07, 6.45) is 2.42. The predicted octanol–water partition coefficient (Wildman–Crippen LogP) is 3.75. The number of hydrogen-bond donors (Lipinski definition) is 2. The second-order valence-corrected chi connectivity index (χ2v) is 8.32. The SMILES string of the molecule is CC1=C(C(=O)OCC(C)C)C(c2ccc(N3CCC(C)CC3)cc2)NC(=O)N1. The number of piperidine rings is 1. The van der Waals surface area contributed by atoms with Crippen molar-refractivity contribution in [2.24, 2.45) is 11.8 Å². The number of carbonyl (C=O) groups excluding carboxylic acids is 2. The summed E-state index contributed by atoms with van der Waals surface area (Å²) in [5, 5.41) is 5.55. The molecule has 1 unspecified atom stereocenters. The Labute approximate surface area is 167 Å². The van der Waals surface area contributed by atoms with E-state index in [0.29, 0.717) is 17.9 Å². The molecule has 0 saturated carbocycles. The molecule has 0 bridgehead atoms. The van der Waals surface area contributed by atoms with Gasteiger partial charge in [-0.05, 0) is 49.3 Å². The standard InChI is InChI=1S/C22H31N3O3/c1-14(2)13-28-21(26)19-16(4)23-22(27)24-20(19)17-5-7-18(8-6-17)25-11-9-15(3)10-12-25/h5-8,14-15,20H,9-13H2,1-4H3,(H2,23,24,27). The van der Waals surface area contributed by atoms with E-state index in [9.17, 15) is 9.59 Å². The van der Waals surface area contributed by atoms with E-state index in [4.69, 9.17) is 4.74 Å². The maximum absolute atomic E-state index is 12.7. The largest absolute Gasteiger partial charge is 0.462 e. The second kappa shape index (κ2) is 8.67. The third-order valence-electron chi connectivity index (χ3n) is 5.41. The minimum atomic E-state index is -0.510. The second-order valence-electron chi connectivity index (χ2n) is 8.32. The van der Waals surface area contributed by atoms with Crippen molar-refractivity contribution in [3.8, 4) is 0 Å². The van der Waals surface area contributed by atoms with E-state index in [0.717, 1.165) is 24.6 Å². The highest BCUT2D eigenvalue weighted by Gasteiger charge is 2.32. The third-order valence-corrected chi connectivity index (χ3v) is 5.41. The zero-order valence-electron chi connectivity index (χ0n) is 17.2. The van der Waals surface area contributed by atoms with Crippen LogP contribution in [0.3, 0.4) is 0 Å². The molecule has 152 valence electrons. The van der Waals surface area contributed by atoms with Crippen LogP contribution in [0.25, 0.3) is 0 Å². The van der Waals surface area contributed by atoms with E-state index in [1.165, 1.54) is 18.5 Å². The van der Waals surface area contributed by atoms with Crippen LogP contribution in [-0.4, -0.2) is 31.7 Å². The number of benzene rings is 1. The van der Waals surface area contributed by atoms with Crippen LogP contribution in [0.5, 0.6) is 0 Å². The molecule has 28 heavy (non-hydrogen) atoms. The van der Waals surface area contributed by atoms with Gasteiger partial charge in [-0.2, -0.15) is 0 Å². The number of rotatable bonds is 5. The normalized spacial score (nSPS) is 20.8. The van der Waals surface area contributed by atoms with Crippen molar-refractivity contribution in [2.75, 3.05) is 24.6 Å². The van der Waals surface area contributed by atoms with E-state index in [-0.39, 0.29) is 11.9 Å². The molecule has 2 heterocycles. The zero-order chi connectivity index (χ0) is 20.3. The Morgan fingerprint density at radius 3 is 2.46 bits per heavy atom. The molecule has 3 rings (SSSR count). The van der Waals surface area contributed by atoms with Crippen molar-refractivity contribution in [1.29, 1.82) is 0 Å². The minimum Gasteiger partial charge on any atom is -0.462 e. The van der Waals surface area contributed by atoms with Gasteiger partial charge in [0.05, 0.1) is 18.2 Å². The summed E-state index contributed by atoms with van der Waals surface area (Å²) in [5.74, 6) is 0.645.